The van der Waals surface area contributed by atoms with E-state index in [1.807, 2.05) is 23.5 Å². The average molecular weight is 582 g/mol. The summed E-state index contributed by atoms with van der Waals surface area (Å²) in [5.74, 6) is 0.479. The average Bonchev–Trinajstić information content (AvgIpc) is 3.71. The largest absolute Gasteiger partial charge is 0.309 e. The molecule has 0 fully saturated rings. The van der Waals surface area contributed by atoms with Gasteiger partial charge in [-0.2, -0.15) is 5.26 Å². The highest BCUT2D eigenvalue weighted by molar-refractivity contribution is 7.25. The lowest BCUT2D eigenvalue weighted by Crippen LogP contribution is -1.94. The van der Waals surface area contributed by atoms with Crippen molar-refractivity contribution in [3.05, 3.63) is 132 Å². The molecule has 0 bridgehead atoms. The molecule has 0 spiro atoms. The van der Waals surface area contributed by atoms with Crippen molar-refractivity contribution in [2.45, 2.75) is 19.8 Å². The van der Waals surface area contributed by atoms with Crippen LogP contribution in [-0.4, -0.2) is 9.13 Å². The molecule has 0 amide bonds. The van der Waals surface area contributed by atoms with Crippen molar-refractivity contribution in [3.63, 3.8) is 0 Å². The molecule has 0 saturated heterocycles. The van der Waals surface area contributed by atoms with E-state index in [2.05, 4.69) is 138 Å². The number of hydrogen-bond donors (Lipinski definition) is 0. The predicted octanol–water partition coefficient (Wildman–Crippen LogP) is 11.2. The smallest absolute Gasteiger partial charge is 0.0991 e. The third-order valence-electron chi connectivity index (χ3n) is 9.12. The Morgan fingerprint density at radius 3 is 1.61 bits per heavy atom. The Labute approximate surface area is 258 Å². The summed E-state index contributed by atoms with van der Waals surface area (Å²) in [4.78, 5) is 0. The van der Waals surface area contributed by atoms with Gasteiger partial charge in [0.1, 0.15) is 0 Å². The molecule has 0 radical (unpaired) electrons. The molecule has 0 unspecified atom stereocenters. The number of hydrogen-bond acceptors (Lipinski definition) is 2. The molecule has 44 heavy (non-hydrogen) atoms. The van der Waals surface area contributed by atoms with Gasteiger partial charge in [-0.15, -0.1) is 11.3 Å². The Morgan fingerprint density at radius 1 is 0.523 bits per heavy atom. The quantitative estimate of drug-likeness (QED) is 0.204. The zero-order valence-corrected chi connectivity index (χ0v) is 25.2. The normalized spacial score (nSPS) is 12.0. The highest BCUT2D eigenvalue weighted by atomic mass is 32.1. The third-order valence-corrected chi connectivity index (χ3v) is 10.3. The van der Waals surface area contributed by atoms with Crippen molar-refractivity contribution in [1.82, 2.24) is 9.13 Å². The molecule has 9 aromatic rings. The number of aromatic nitrogens is 2. The van der Waals surface area contributed by atoms with Gasteiger partial charge in [-0.05, 0) is 90.3 Å². The molecule has 0 N–H and O–H groups in total. The number of nitriles is 1. The first kappa shape index (κ1) is 25.2. The molecule has 6 aromatic carbocycles. The maximum absolute atomic E-state index is 9.57. The van der Waals surface area contributed by atoms with Crippen LogP contribution in [-0.2, 0) is 0 Å². The molecule has 4 heteroatoms. The summed E-state index contributed by atoms with van der Waals surface area (Å²) in [7, 11) is 0. The zero-order chi connectivity index (χ0) is 29.5. The molecular formula is C40H27N3S. The van der Waals surface area contributed by atoms with E-state index in [9.17, 15) is 5.26 Å². The van der Waals surface area contributed by atoms with Crippen molar-refractivity contribution in [3.8, 4) is 17.4 Å². The topological polar surface area (TPSA) is 33.6 Å². The lowest BCUT2D eigenvalue weighted by atomic mass is 10.0. The number of rotatable bonds is 3. The summed E-state index contributed by atoms with van der Waals surface area (Å²) in [5, 5.41) is 16.9. The first-order valence-electron chi connectivity index (χ1n) is 15.0. The molecule has 0 aliphatic heterocycles. The standard InChI is InChI=1S/C40H27N3S/c1-24(2)26-12-16-38-32(20-26)30-8-4-6-10-36(30)43(38)28-14-18-40-34(22-28)33-21-27(13-17-39(33)44-40)42-35-9-5-3-7-29(35)31-19-25(23-41)11-15-37(31)42/h3-22,24H,1-2H3. The van der Waals surface area contributed by atoms with Crippen LogP contribution in [0.1, 0.15) is 30.9 Å². The Kier molecular flexibility index (Phi) is 5.32. The van der Waals surface area contributed by atoms with Gasteiger partial charge in [0, 0.05) is 53.1 Å². The van der Waals surface area contributed by atoms with Gasteiger partial charge in [-0.1, -0.05) is 56.3 Å². The Morgan fingerprint density at radius 2 is 1.05 bits per heavy atom. The van der Waals surface area contributed by atoms with E-state index in [1.165, 1.54) is 53.2 Å². The maximum Gasteiger partial charge on any atom is 0.0991 e. The van der Waals surface area contributed by atoms with Crippen LogP contribution in [0.5, 0.6) is 0 Å². The lowest BCUT2D eigenvalue weighted by Gasteiger charge is -2.10. The van der Waals surface area contributed by atoms with Crippen LogP contribution in [0.15, 0.2) is 121 Å². The SMILES string of the molecule is CC(C)c1ccc2c(c1)c1ccccc1n2-c1ccc2sc3ccc(-n4c5ccccc5c5cc(C#N)ccc54)cc3c2c1. The van der Waals surface area contributed by atoms with Crippen LogP contribution < -0.4 is 0 Å². The minimum Gasteiger partial charge on any atom is -0.309 e. The van der Waals surface area contributed by atoms with E-state index in [-0.39, 0.29) is 0 Å². The zero-order valence-electron chi connectivity index (χ0n) is 24.4. The molecule has 208 valence electrons. The highest BCUT2D eigenvalue weighted by Crippen LogP contribution is 2.40. The van der Waals surface area contributed by atoms with E-state index in [0.717, 1.165) is 27.5 Å². The van der Waals surface area contributed by atoms with Crippen LogP contribution in [0.25, 0.3) is 75.2 Å². The molecule has 9 rings (SSSR count). The van der Waals surface area contributed by atoms with Gasteiger partial charge in [0.05, 0.1) is 33.7 Å². The molecular weight excluding hydrogens is 555 g/mol. The molecule has 3 heterocycles. The van der Waals surface area contributed by atoms with Crippen LogP contribution in [0.4, 0.5) is 0 Å². The van der Waals surface area contributed by atoms with Gasteiger partial charge < -0.3 is 9.13 Å². The van der Waals surface area contributed by atoms with Crippen LogP contribution in [0.3, 0.4) is 0 Å². The fourth-order valence-electron chi connectivity index (χ4n) is 6.98. The second-order valence-corrected chi connectivity index (χ2v) is 13.0. The van der Waals surface area contributed by atoms with Gasteiger partial charge in [0.2, 0.25) is 0 Å². The van der Waals surface area contributed by atoms with Gasteiger partial charge in [0.25, 0.3) is 0 Å². The number of thiophene rings is 1. The highest BCUT2D eigenvalue weighted by Gasteiger charge is 2.17. The van der Waals surface area contributed by atoms with E-state index in [0.29, 0.717) is 11.5 Å². The summed E-state index contributed by atoms with van der Waals surface area (Å²) in [6.45, 7) is 4.51. The number of benzene rings is 6. The van der Waals surface area contributed by atoms with Crippen LogP contribution in [0, 0.1) is 11.3 Å². The van der Waals surface area contributed by atoms with Gasteiger partial charge in [0.15, 0.2) is 0 Å². The van der Waals surface area contributed by atoms with Crippen LogP contribution >= 0.6 is 11.3 Å². The van der Waals surface area contributed by atoms with Gasteiger partial charge >= 0.3 is 0 Å². The maximum atomic E-state index is 9.57. The van der Waals surface area contributed by atoms with E-state index >= 15 is 0 Å². The number of nitrogens with zero attached hydrogens (tertiary/aromatic N) is 3. The Balaban J connectivity index is 1.29. The van der Waals surface area contributed by atoms with Crippen molar-refractivity contribution < 1.29 is 0 Å². The molecule has 0 atom stereocenters. The summed E-state index contributed by atoms with van der Waals surface area (Å²) >= 11 is 1.84. The number of fused-ring (bicyclic) bond motifs is 9. The minimum absolute atomic E-state index is 0.479. The van der Waals surface area contributed by atoms with Crippen molar-refractivity contribution in [1.29, 1.82) is 5.26 Å². The fraction of sp³-hybridized carbons (Fsp3) is 0.0750. The van der Waals surface area contributed by atoms with Gasteiger partial charge in [-0.25, -0.2) is 0 Å². The summed E-state index contributed by atoms with van der Waals surface area (Å²) < 4.78 is 7.31. The molecule has 0 aliphatic carbocycles. The van der Waals surface area contributed by atoms with Crippen molar-refractivity contribution in [2.75, 3.05) is 0 Å². The summed E-state index contributed by atoms with van der Waals surface area (Å²) in [6, 6.07) is 46.2. The van der Waals surface area contributed by atoms with Crippen molar-refractivity contribution >= 4 is 75.1 Å². The predicted molar refractivity (Wildman–Crippen MR) is 187 cm³/mol. The molecule has 0 saturated carbocycles. The lowest BCUT2D eigenvalue weighted by molar-refractivity contribution is 0.868. The van der Waals surface area contributed by atoms with Gasteiger partial charge in [-0.3, -0.25) is 0 Å². The Hall–Kier alpha value is -5.37. The van der Waals surface area contributed by atoms with Crippen molar-refractivity contribution in [2.24, 2.45) is 0 Å². The second-order valence-electron chi connectivity index (χ2n) is 11.9. The minimum atomic E-state index is 0.479. The van der Waals surface area contributed by atoms with Crippen LogP contribution in [0.2, 0.25) is 0 Å². The molecule has 0 aliphatic rings. The molecule has 3 nitrogen and oxygen atoms in total. The monoisotopic (exact) mass is 581 g/mol. The fourth-order valence-corrected chi connectivity index (χ4v) is 8.05. The first-order chi connectivity index (χ1) is 21.6. The first-order valence-corrected chi connectivity index (χ1v) is 15.8. The molecule has 3 aromatic heterocycles. The third kappa shape index (κ3) is 3.54. The van der Waals surface area contributed by atoms with E-state index < -0.39 is 0 Å². The number of para-hydroxylation sites is 2. The second kappa shape index (κ2) is 9.31. The van der Waals surface area contributed by atoms with E-state index in [1.54, 1.807) is 0 Å². The summed E-state index contributed by atoms with van der Waals surface area (Å²) in [5.41, 5.74) is 9.05. The van der Waals surface area contributed by atoms with E-state index in [4.69, 9.17) is 0 Å². The Bertz CT molecular complexity index is 2660. The summed E-state index contributed by atoms with van der Waals surface area (Å²) in [6.07, 6.45) is 0.